The van der Waals surface area contributed by atoms with E-state index >= 15 is 0 Å². The molecule has 30 heavy (non-hydrogen) atoms. The molecule has 166 valence electrons. The normalized spacial score (nSPS) is 27.7. The van der Waals surface area contributed by atoms with Gasteiger partial charge in [-0.3, -0.25) is 0 Å². The van der Waals surface area contributed by atoms with Crippen LogP contribution in [-0.4, -0.2) is 27.2 Å². The summed E-state index contributed by atoms with van der Waals surface area (Å²) in [6, 6.07) is 10.5. The van der Waals surface area contributed by atoms with Gasteiger partial charge in [-0.25, -0.2) is 4.79 Å². The number of esters is 1. The summed E-state index contributed by atoms with van der Waals surface area (Å²) < 4.78 is 18.7. The molecule has 2 aliphatic rings. The Morgan fingerprint density at radius 3 is 2.40 bits per heavy atom. The molecule has 0 unspecified atom stereocenters. The number of hydrogen-bond donors (Lipinski definition) is 0. The second-order valence-electron chi connectivity index (χ2n) is 10.3. The lowest BCUT2D eigenvalue weighted by molar-refractivity contribution is -0.226. The maximum atomic E-state index is 12.6. The van der Waals surface area contributed by atoms with Crippen LogP contribution in [0.15, 0.2) is 42.2 Å². The molecule has 0 N–H and O–H groups in total. The second-order valence-corrected chi connectivity index (χ2v) is 15.0. The van der Waals surface area contributed by atoms with Crippen LogP contribution in [0.2, 0.25) is 18.1 Å². The zero-order valence-electron chi connectivity index (χ0n) is 19.5. The molecular formula is C25H38O4Si. The van der Waals surface area contributed by atoms with Gasteiger partial charge in [0.2, 0.25) is 11.5 Å². The topological polar surface area (TPSA) is 44.8 Å². The second kappa shape index (κ2) is 8.87. The highest BCUT2D eigenvalue weighted by atomic mass is 28.4. The van der Waals surface area contributed by atoms with Crippen LogP contribution < -0.4 is 0 Å². The summed E-state index contributed by atoms with van der Waals surface area (Å²) in [4.78, 5) is 12.6. The van der Waals surface area contributed by atoms with E-state index in [9.17, 15) is 4.79 Å². The van der Waals surface area contributed by atoms with Crippen molar-refractivity contribution in [2.75, 3.05) is 7.11 Å². The quantitative estimate of drug-likeness (QED) is 0.401. The molecule has 3 atom stereocenters. The van der Waals surface area contributed by atoms with E-state index in [0.29, 0.717) is 5.76 Å². The lowest BCUT2D eigenvalue weighted by Crippen LogP contribution is -2.57. The number of carbonyl (C=O) groups excluding carboxylic acids is 1. The van der Waals surface area contributed by atoms with E-state index in [1.54, 1.807) is 0 Å². The molecule has 1 aromatic carbocycles. The van der Waals surface area contributed by atoms with Gasteiger partial charge in [-0.1, -0.05) is 70.4 Å². The smallest absolute Gasteiger partial charge is 0.373 e. The van der Waals surface area contributed by atoms with Crippen LogP contribution in [0, 0.1) is 5.92 Å². The largest absolute Gasteiger partial charge is 0.463 e. The van der Waals surface area contributed by atoms with Crippen LogP contribution in [0.4, 0.5) is 0 Å². The van der Waals surface area contributed by atoms with Gasteiger partial charge in [0, 0.05) is 18.3 Å². The standard InChI is InChI=1S/C25H38O4Si/c1-24(2,3)30(5,6)29-25-17-13-8-7-12-16-21(25)20(19-14-10-9-11-15-19)18-22(28-25)23(26)27-4/h9-11,14-15,18,20-21H,7-8,12-13,16-17H2,1-6H3/t20-,21-,25+/m0/s1. The minimum absolute atomic E-state index is 0.0485. The number of rotatable bonds is 4. The number of hydrogen-bond acceptors (Lipinski definition) is 4. The van der Waals surface area contributed by atoms with Crippen molar-refractivity contribution in [2.45, 2.75) is 89.1 Å². The van der Waals surface area contributed by atoms with Crippen molar-refractivity contribution >= 4 is 14.3 Å². The maximum Gasteiger partial charge on any atom is 0.373 e. The third kappa shape index (κ3) is 4.67. The minimum atomic E-state index is -2.16. The van der Waals surface area contributed by atoms with Gasteiger partial charge in [0.05, 0.1) is 7.11 Å². The molecule has 0 amide bonds. The average Bonchev–Trinajstić information content (AvgIpc) is 2.68. The highest BCUT2D eigenvalue weighted by Crippen LogP contribution is 2.52. The molecule has 1 fully saturated rings. The van der Waals surface area contributed by atoms with Gasteiger partial charge in [-0.05, 0) is 42.6 Å². The van der Waals surface area contributed by atoms with E-state index < -0.39 is 20.1 Å². The van der Waals surface area contributed by atoms with E-state index in [1.165, 1.54) is 25.5 Å². The van der Waals surface area contributed by atoms with Gasteiger partial charge in [0.25, 0.3) is 0 Å². The van der Waals surface area contributed by atoms with E-state index in [-0.39, 0.29) is 16.9 Å². The molecular weight excluding hydrogens is 392 g/mol. The number of fused-ring (bicyclic) bond motifs is 1. The van der Waals surface area contributed by atoms with Gasteiger partial charge >= 0.3 is 5.97 Å². The van der Waals surface area contributed by atoms with Crippen LogP contribution in [0.5, 0.6) is 0 Å². The van der Waals surface area contributed by atoms with Crippen LogP contribution in [-0.2, 0) is 18.7 Å². The third-order valence-electron chi connectivity index (χ3n) is 7.21. The molecule has 1 aliphatic carbocycles. The molecule has 1 heterocycles. The molecule has 0 radical (unpaired) electrons. The molecule has 0 saturated heterocycles. The van der Waals surface area contributed by atoms with Gasteiger partial charge in [-0.15, -0.1) is 0 Å². The Hall–Kier alpha value is -1.59. The van der Waals surface area contributed by atoms with Crippen LogP contribution in [0.3, 0.4) is 0 Å². The Morgan fingerprint density at radius 2 is 1.77 bits per heavy atom. The van der Waals surface area contributed by atoms with E-state index in [4.69, 9.17) is 13.9 Å². The van der Waals surface area contributed by atoms with Crippen LogP contribution in [0.25, 0.3) is 0 Å². The van der Waals surface area contributed by atoms with Gasteiger partial charge in [0.1, 0.15) is 0 Å². The first-order valence-electron chi connectivity index (χ1n) is 11.3. The summed E-state index contributed by atoms with van der Waals surface area (Å²) in [6.45, 7) is 11.3. The van der Waals surface area contributed by atoms with Crippen molar-refractivity contribution in [3.05, 3.63) is 47.7 Å². The number of carbonyl (C=O) groups is 1. The summed E-state index contributed by atoms with van der Waals surface area (Å²) in [6.07, 6.45) is 8.41. The predicted octanol–water partition coefficient (Wildman–Crippen LogP) is 6.55. The fourth-order valence-electron chi connectivity index (χ4n) is 4.52. The first-order valence-corrected chi connectivity index (χ1v) is 14.2. The first-order chi connectivity index (χ1) is 14.1. The molecule has 0 bridgehead atoms. The SMILES string of the molecule is COC(=O)C1=C[C@@H](c2ccccc2)[C@@H]2CCCCCC[C@]2(O[Si](C)(C)C(C)(C)C)O1. The lowest BCUT2D eigenvalue weighted by Gasteiger charge is -2.52. The average molecular weight is 431 g/mol. The highest BCUT2D eigenvalue weighted by molar-refractivity contribution is 6.74. The number of benzene rings is 1. The number of methoxy groups -OCH3 is 1. The molecule has 0 aromatic heterocycles. The van der Waals surface area contributed by atoms with Crippen molar-refractivity contribution in [3.8, 4) is 0 Å². The monoisotopic (exact) mass is 430 g/mol. The van der Waals surface area contributed by atoms with Crippen molar-refractivity contribution in [1.82, 2.24) is 0 Å². The van der Waals surface area contributed by atoms with E-state index in [2.05, 4.69) is 58.1 Å². The summed E-state index contributed by atoms with van der Waals surface area (Å²) >= 11 is 0. The van der Waals surface area contributed by atoms with Crippen molar-refractivity contribution < 1.29 is 18.7 Å². The van der Waals surface area contributed by atoms with Gasteiger partial charge in [0.15, 0.2) is 8.32 Å². The van der Waals surface area contributed by atoms with E-state index in [1.807, 2.05) is 12.1 Å². The Balaban J connectivity index is 2.13. The first kappa shape index (κ1) is 23.1. The summed E-state index contributed by atoms with van der Waals surface area (Å²) in [5.41, 5.74) is 1.20. The van der Waals surface area contributed by atoms with Gasteiger partial charge < -0.3 is 13.9 Å². The molecule has 0 spiro atoms. The summed E-state index contributed by atoms with van der Waals surface area (Å²) in [5, 5.41) is 0.0485. The number of allylic oxidation sites excluding steroid dienone is 1. The van der Waals surface area contributed by atoms with Crippen molar-refractivity contribution in [1.29, 1.82) is 0 Å². The minimum Gasteiger partial charge on any atom is -0.463 e. The molecule has 1 saturated carbocycles. The lowest BCUT2D eigenvalue weighted by atomic mass is 9.73. The van der Waals surface area contributed by atoms with E-state index in [0.717, 1.165) is 25.7 Å². The summed E-state index contributed by atoms with van der Waals surface area (Å²) in [5.74, 6) is -0.682. The summed E-state index contributed by atoms with van der Waals surface area (Å²) in [7, 11) is -0.746. The highest BCUT2D eigenvalue weighted by Gasteiger charge is 2.55. The van der Waals surface area contributed by atoms with Crippen LogP contribution in [0.1, 0.15) is 70.8 Å². The van der Waals surface area contributed by atoms with Gasteiger partial charge in [-0.2, -0.15) is 0 Å². The Labute approximate surface area is 183 Å². The fourth-order valence-corrected chi connectivity index (χ4v) is 5.99. The zero-order chi connectivity index (χ0) is 22.0. The fraction of sp³-hybridized carbons (Fsp3) is 0.640. The molecule has 1 aliphatic heterocycles. The van der Waals surface area contributed by atoms with Crippen LogP contribution >= 0.6 is 0 Å². The third-order valence-corrected chi connectivity index (χ3v) is 11.7. The molecule has 1 aromatic rings. The maximum absolute atomic E-state index is 12.6. The number of ether oxygens (including phenoxy) is 2. The van der Waals surface area contributed by atoms with Crippen molar-refractivity contribution in [2.24, 2.45) is 5.92 Å². The molecule has 4 nitrogen and oxygen atoms in total. The molecule has 3 rings (SSSR count). The Bertz CT molecular complexity index is 765. The Kier molecular flexibility index (Phi) is 6.83. The van der Waals surface area contributed by atoms with Crippen molar-refractivity contribution in [3.63, 3.8) is 0 Å². The molecule has 5 heteroatoms. The predicted molar refractivity (Wildman–Crippen MR) is 123 cm³/mol. The Morgan fingerprint density at radius 1 is 1.10 bits per heavy atom. The zero-order valence-corrected chi connectivity index (χ0v) is 20.5.